The number of hydrogen-bond donors (Lipinski definition) is 0. The fourth-order valence-corrected chi connectivity index (χ4v) is 4.08. The van der Waals surface area contributed by atoms with E-state index in [1.165, 1.54) is 0 Å². The number of carbonyl (C=O) groups is 1. The molecule has 0 aromatic carbocycles. The van der Waals surface area contributed by atoms with Gasteiger partial charge in [-0.3, -0.25) is 4.68 Å². The van der Waals surface area contributed by atoms with E-state index >= 15 is 0 Å². The molecule has 4 rings (SSSR count). The van der Waals surface area contributed by atoms with Gasteiger partial charge >= 0.3 is 6.03 Å². The lowest BCUT2D eigenvalue weighted by molar-refractivity contribution is 0.101. The summed E-state index contributed by atoms with van der Waals surface area (Å²) in [7, 11) is 3.51. The molecule has 10 heteroatoms. The van der Waals surface area contributed by atoms with Crippen molar-refractivity contribution in [3.8, 4) is 17.3 Å². The van der Waals surface area contributed by atoms with Crippen molar-refractivity contribution < 1.29 is 9.53 Å². The van der Waals surface area contributed by atoms with E-state index in [0.717, 1.165) is 18.5 Å². The predicted molar refractivity (Wildman–Crippen MR) is 110 cm³/mol. The number of amides is 2. The van der Waals surface area contributed by atoms with Crippen molar-refractivity contribution in [3.05, 3.63) is 24.3 Å². The molecule has 2 aliphatic rings. The molecular weight excluding hydrogens is 384 g/mol. The zero-order valence-corrected chi connectivity index (χ0v) is 17.5. The number of nitriles is 1. The van der Waals surface area contributed by atoms with Crippen LogP contribution in [0.4, 0.5) is 10.6 Å². The van der Waals surface area contributed by atoms with E-state index in [-0.39, 0.29) is 23.9 Å². The molecule has 0 saturated carbocycles. The Kier molecular flexibility index (Phi) is 5.55. The lowest BCUT2D eigenvalue weighted by atomic mass is 10.2. The number of likely N-dealkylation sites (tertiary alicyclic amines) is 1. The fraction of sp³-hybridized carbons (Fsp3) is 0.550. The average Bonchev–Trinajstić information content (AvgIpc) is 3.41. The average molecular weight is 410 g/mol. The van der Waals surface area contributed by atoms with Crippen molar-refractivity contribution in [2.75, 3.05) is 44.7 Å². The Bertz CT molecular complexity index is 968. The maximum absolute atomic E-state index is 12.9. The summed E-state index contributed by atoms with van der Waals surface area (Å²) in [4.78, 5) is 27.9. The van der Waals surface area contributed by atoms with Crippen molar-refractivity contribution in [2.45, 2.75) is 25.5 Å². The largest absolute Gasteiger partial charge is 0.380 e. The second-order valence-electron chi connectivity index (χ2n) is 7.80. The second-order valence-corrected chi connectivity index (χ2v) is 7.80. The third-order valence-corrected chi connectivity index (χ3v) is 5.79. The fourth-order valence-electron chi connectivity index (χ4n) is 4.08. The van der Waals surface area contributed by atoms with E-state index in [2.05, 4.69) is 21.1 Å². The van der Waals surface area contributed by atoms with Gasteiger partial charge in [0.25, 0.3) is 0 Å². The van der Waals surface area contributed by atoms with Gasteiger partial charge in [0, 0.05) is 64.7 Å². The van der Waals surface area contributed by atoms with E-state index in [1.54, 1.807) is 24.2 Å². The van der Waals surface area contributed by atoms with Crippen molar-refractivity contribution in [1.82, 2.24) is 29.5 Å². The quantitative estimate of drug-likeness (QED) is 0.746. The molecule has 2 aromatic rings. The number of nitrogens with zero attached hydrogens (tertiary/aromatic N) is 8. The van der Waals surface area contributed by atoms with Crippen molar-refractivity contribution in [3.63, 3.8) is 0 Å². The minimum absolute atomic E-state index is 0.0344. The first kappa shape index (κ1) is 20.1. The van der Waals surface area contributed by atoms with E-state index in [1.807, 2.05) is 30.0 Å². The molecule has 2 saturated heterocycles. The number of piperazine rings is 1. The summed E-state index contributed by atoms with van der Waals surface area (Å²) in [6, 6.07) is 2.21. The molecule has 0 N–H and O–H groups in total. The first-order chi connectivity index (χ1) is 14.5. The van der Waals surface area contributed by atoms with Crippen LogP contribution in [-0.2, 0) is 11.8 Å². The normalized spacial score (nSPS) is 21.7. The summed E-state index contributed by atoms with van der Waals surface area (Å²) in [6.07, 6.45) is 6.14. The molecule has 0 aliphatic carbocycles. The topological polar surface area (TPSA) is 103 Å². The van der Waals surface area contributed by atoms with Gasteiger partial charge in [0.2, 0.25) is 0 Å². The number of aromatic nitrogens is 4. The summed E-state index contributed by atoms with van der Waals surface area (Å²) < 4.78 is 7.05. The van der Waals surface area contributed by atoms with E-state index in [0.29, 0.717) is 37.7 Å². The number of anilines is 1. The van der Waals surface area contributed by atoms with Crippen LogP contribution in [-0.4, -0.2) is 87.6 Å². The molecule has 0 bridgehead atoms. The zero-order valence-electron chi connectivity index (χ0n) is 17.5. The van der Waals surface area contributed by atoms with Crippen LogP contribution in [0.2, 0.25) is 0 Å². The standard InChI is InChI=1S/C20H26N8O2/c1-14-11-26(6-7-28(14)20(29)27-5-4-16(13-27)30-3)18-10-22-17(8-21)19(24-18)15-9-23-25(2)12-15/h9-10,12,14,16H,4-7,11,13H2,1-3H3/t14-,16+/m1/s1. The van der Waals surface area contributed by atoms with Crippen LogP contribution in [0.1, 0.15) is 19.0 Å². The molecule has 2 aliphatic heterocycles. The van der Waals surface area contributed by atoms with Crippen LogP contribution >= 0.6 is 0 Å². The van der Waals surface area contributed by atoms with Crippen LogP contribution in [0.25, 0.3) is 11.3 Å². The van der Waals surface area contributed by atoms with Crippen LogP contribution in [0.5, 0.6) is 0 Å². The molecule has 10 nitrogen and oxygen atoms in total. The number of hydrogen-bond acceptors (Lipinski definition) is 7. The number of ether oxygens (including phenoxy) is 1. The molecule has 2 fully saturated rings. The minimum Gasteiger partial charge on any atom is -0.380 e. The summed E-state index contributed by atoms with van der Waals surface area (Å²) in [5.74, 6) is 0.701. The first-order valence-corrected chi connectivity index (χ1v) is 10.1. The lowest BCUT2D eigenvalue weighted by Gasteiger charge is -2.41. The molecule has 4 heterocycles. The molecule has 2 amide bonds. The highest BCUT2D eigenvalue weighted by molar-refractivity contribution is 5.75. The van der Waals surface area contributed by atoms with Gasteiger partial charge in [-0.25, -0.2) is 14.8 Å². The maximum atomic E-state index is 12.9. The van der Waals surface area contributed by atoms with Crippen LogP contribution in [0.3, 0.4) is 0 Å². The molecule has 0 radical (unpaired) electrons. The molecular formula is C20H26N8O2. The number of aryl methyl sites for hydroxylation is 1. The smallest absolute Gasteiger partial charge is 0.320 e. The van der Waals surface area contributed by atoms with E-state index in [9.17, 15) is 10.1 Å². The summed E-state index contributed by atoms with van der Waals surface area (Å²) in [6.45, 7) is 5.35. The molecule has 2 aromatic heterocycles. The lowest BCUT2D eigenvalue weighted by Crippen LogP contribution is -2.57. The van der Waals surface area contributed by atoms with Gasteiger partial charge in [-0.2, -0.15) is 10.4 Å². The van der Waals surface area contributed by atoms with Crippen LogP contribution in [0, 0.1) is 11.3 Å². The van der Waals surface area contributed by atoms with Gasteiger partial charge in [0.15, 0.2) is 5.69 Å². The maximum Gasteiger partial charge on any atom is 0.320 e. The summed E-state index contributed by atoms with van der Waals surface area (Å²) in [5.41, 5.74) is 1.55. The predicted octanol–water partition coefficient (Wildman–Crippen LogP) is 1.10. The van der Waals surface area contributed by atoms with Gasteiger partial charge in [-0.15, -0.1) is 0 Å². The highest BCUT2D eigenvalue weighted by Gasteiger charge is 2.34. The number of urea groups is 1. The zero-order chi connectivity index (χ0) is 21.3. The van der Waals surface area contributed by atoms with Crippen molar-refractivity contribution >= 4 is 11.8 Å². The van der Waals surface area contributed by atoms with Gasteiger partial charge < -0.3 is 19.4 Å². The Morgan fingerprint density at radius 3 is 2.73 bits per heavy atom. The van der Waals surface area contributed by atoms with E-state index in [4.69, 9.17) is 9.72 Å². The Balaban J connectivity index is 1.48. The first-order valence-electron chi connectivity index (χ1n) is 10.1. The third kappa shape index (κ3) is 3.80. The van der Waals surface area contributed by atoms with Crippen molar-refractivity contribution in [1.29, 1.82) is 5.26 Å². The number of methoxy groups -OCH3 is 1. The highest BCUT2D eigenvalue weighted by Crippen LogP contribution is 2.25. The molecule has 0 spiro atoms. The Labute approximate surface area is 175 Å². The molecule has 2 atom stereocenters. The SMILES string of the molecule is CO[C@H]1CCN(C(=O)N2CCN(c3cnc(C#N)c(-c4cnn(C)c4)n3)C[C@H]2C)C1. The Morgan fingerprint density at radius 2 is 2.10 bits per heavy atom. The van der Waals surface area contributed by atoms with Crippen LogP contribution in [0.15, 0.2) is 18.6 Å². The second kappa shape index (κ2) is 8.28. The van der Waals surface area contributed by atoms with E-state index < -0.39 is 0 Å². The van der Waals surface area contributed by atoms with Gasteiger partial charge in [0.1, 0.15) is 17.6 Å². The van der Waals surface area contributed by atoms with Crippen molar-refractivity contribution in [2.24, 2.45) is 7.05 Å². The minimum atomic E-state index is 0.0344. The van der Waals surface area contributed by atoms with Gasteiger partial charge in [0.05, 0.1) is 18.5 Å². The highest BCUT2D eigenvalue weighted by atomic mass is 16.5. The third-order valence-electron chi connectivity index (χ3n) is 5.79. The molecule has 30 heavy (non-hydrogen) atoms. The summed E-state index contributed by atoms with van der Waals surface area (Å²) in [5, 5.41) is 13.6. The number of carbonyl (C=O) groups excluding carboxylic acids is 1. The summed E-state index contributed by atoms with van der Waals surface area (Å²) >= 11 is 0. The Morgan fingerprint density at radius 1 is 1.27 bits per heavy atom. The number of rotatable bonds is 3. The Hall–Kier alpha value is -3.19. The van der Waals surface area contributed by atoms with Gasteiger partial charge in [-0.05, 0) is 13.3 Å². The van der Waals surface area contributed by atoms with Gasteiger partial charge in [-0.1, -0.05) is 0 Å². The monoisotopic (exact) mass is 410 g/mol. The molecule has 0 unspecified atom stereocenters. The van der Waals surface area contributed by atoms with Crippen LogP contribution < -0.4 is 4.90 Å². The molecule has 158 valence electrons.